The second-order valence-corrected chi connectivity index (χ2v) is 6.52. The Morgan fingerprint density at radius 3 is 2.14 bits per heavy atom. The molecule has 0 aliphatic heterocycles. The van der Waals surface area contributed by atoms with Crippen LogP contribution in [0, 0.1) is 0 Å². The van der Waals surface area contributed by atoms with Crippen molar-refractivity contribution >= 4 is 48.8 Å². The Kier molecular flexibility index (Phi) is 5.58. The van der Waals surface area contributed by atoms with Gasteiger partial charge in [0.2, 0.25) is 0 Å². The summed E-state index contributed by atoms with van der Waals surface area (Å²) in [6.07, 6.45) is 1.69. The van der Waals surface area contributed by atoms with E-state index in [1.807, 2.05) is 0 Å². The van der Waals surface area contributed by atoms with Gasteiger partial charge in [-0.05, 0) is 0 Å². The van der Waals surface area contributed by atoms with Crippen LogP contribution in [0.5, 0.6) is 0 Å². The molecule has 0 radical (unpaired) electrons. The van der Waals surface area contributed by atoms with E-state index >= 15 is 0 Å². The van der Waals surface area contributed by atoms with Crippen molar-refractivity contribution in [3.8, 4) is 0 Å². The van der Waals surface area contributed by atoms with Crippen LogP contribution in [0.3, 0.4) is 0 Å². The van der Waals surface area contributed by atoms with Crippen LogP contribution in [0.2, 0.25) is 5.02 Å². The summed E-state index contributed by atoms with van der Waals surface area (Å²) in [6, 6.07) is 13.4. The van der Waals surface area contributed by atoms with Gasteiger partial charge in [-0.15, -0.1) is 0 Å². The summed E-state index contributed by atoms with van der Waals surface area (Å²) in [5.74, 6) is -0.477. The molecule has 0 spiro atoms. The van der Waals surface area contributed by atoms with E-state index in [0.717, 1.165) is 5.56 Å². The van der Waals surface area contributed by atoms with E-state index in [2.05, 4.69) is 6.58 Å². The molecule has 0 aliphatic rings. The van der Waals surface area contributed by atoms with Crippen LogP contribution >= 0.6 is 11.6 Å². The van der Waals surface area contributed by atoms with Gasteiger partial charge in [0.05, 0.1) is 0 Å². The molecule has 106 valence electrons. The first-order valence-electron chi connectivity index (χ1n) is 6.01. The van der Waals surface area contributed by atoms with Gasteiger partial charge in [-0.3, -0.25) is 0 Å². The Labute approximate surface area is 138 Å². The fraction of sp³-hybridized carbons (Fsp3) is 0. The molecule has 0 aliphatic carbocycles. The second-order valence-electron chi connectivity index (χ2n) is 4.07. The van der Waals surface area contributed by atoms with E-state index in [4.69, 9.17) is 14.7 Å². The first-order valence-corrected chi connectivity index (χ1v) is 8.51. The van der Waals surface area contributed by atoms with Gasteiger partial charge in [-0.1, -0.05) is 0 Å². The number of halogens is 1. The molecule has 0 heterocycles. The minimum atomic E-state index is -1.55. The molecular formula is C16H11ClO3Te. The van der Waals surface area contributed by atoms with Crippen LogP contribution in [0.4, 0.5) is 0 Å². The van der Waals surface area contributed by atoms with Crippen LogP contribution in [0.25, 0.3) is 6.08 Å². The molecular weight excluding hydrogens is 403 g/mol. The predicted octanol–water partition coefficient (Wildman–Crippen LogP) is 3.60. The summed E-state index contributed by atoms with van der Waals surface area (Å²) in [5.41, 5.74) is 1.85. The molecule has 0 N–H and O–H groups in total. The van der Waals surface area contributed by atoms with Crippen molar-refractivity contribution in [2.75, 3.05) is 0 Å². The van der Waals surface area contributed by atoms with E-state index in [9.17, 15) is 9.59 Å². The van der Waals surface area contributed by atoms with E-state index in [0.29, 0.717) is 16.1 Å². The van der Waals surface area contributed by atoms with Crippen LogP contribution in [0.1, 0.15) is 26.3 Å². The zero-order valence-corrected chi connectivity index (χ0v) is 14.0. The fourth-order valence-electron chi connectivity index (χ4n) is 1.51. The van der Waals surface area contributed by atoms with Gasteiger partial charge < -0.3 is 0 Å². The normalized spacial score (nSPS) is 9.95. The van der Waals surface area contributed by atoms with E-state index in [-0.39, 0.29) is 3.83 Å². The molecule has 3 nitrogen and oxygen atoms in total. The molecule has 0 atom stereocenters. The van der Waals surface area contributed by atoms with Crippen LogP contribution in [-0.4, -0.2) is 31.1 Å². The quantitative estimate of drug-likeness (QED) is 0.703. The zero-order valence-electron chi connectivity index (χ0n) is 10.9. The van der Waals surface area contributed by atoms with Crippen molar-refractivity contribution in [1.82, 2.24) is 0 Å². The van der Waals surface area contributed by atoms with Crippen molar-refractivity contribution in [2.45, 2.75) is 0 Å². The Bertz CT molecular complexity index is 663. The van der Waals surface area contributed by atoms with Crippen molar-refractivity contribution in [2.24, 2.45) is 0 Å². The molecule has 0 aromatic heterocycles. The Balaban J connectivity index is 1.95. The third-order valence-electron chi connectivity index (χ3n) is 2.66. The number of carbonyl (C=O) groups excluding carboxylic acids is 2. The Hall–Kier alpha value is -1.60. The summed E-state index contributed by atoms with van der Waals surface area (Å²) in [5, 5.41) is 0.562. The SMILES string of the molecule is C=Cc1ccc(C(=O)O[Te]C(=O)c2ccc(Cl)cc2)cc1. The molecule has 2 rings (SSSR count). The number of carbonyl (C=O) groups is 2. The molecule has 2 aromatic rings. The second kappa shape index (κ2) is 7.42. The molecule has 0 fully saturated rings. The van der Waals surface area contributed by atoms with E-state index in [1.54, 1.807) is 54.6 Å². The van der Waals surface area contributed by atoms with Crippen molar-refractivity contribution < 1.29 is 12.7 Å². The first kappa shape index (κ1) is 15.8. The molecule has 0 saturated heterocycles. The summed E-state index contributed by atoms with van der Waals surface area (Å²) in [6.45, 7) is 3.64. The fourth-order valence-corrected chi connectivity index (χ4v) is 3.01. The maximum atomic E-state index is 11.9. The Morgan fingerprint density at radius 2 is 1.57 bits per heavy atom. The third-order valence-corrected chi connectivity index (χ3v) is 4.68. The first-order chi connectivity index (χ1) is 10.1. The van der Waals surface area contributed by atoms with Gasteiger partial charge in [0.15, 0.2) is 0 Å². The van der Waals surface area contributed by atoms with Crippen molar-refractivity contribution in [3.63, 3.8) is 0 Å². The van der Waals surface area contributed by atoms with Crippen LogP contribution < -0.4 is 0 Å². The summed E-state index contributed by atoms with van der Waals surface area (Å²) < 4.78 is 4.99. The number of hydrogen-bond donors (Lipinski definition) is 0. The molecule has 0 bridgehead atoms. The maximum absolute atomic E-state index is 11.9. The molecule has 0 amide bonds. The zero-order chi connectivity index (χ0) is 15.2. The third kappa shape index (κ3) is 4.44. The minimum absolute atomic E-state index is 0.145. The van der Waals surface area contributed by atoms with Gasteiger partial charge in [0, 0.05) is 0 Å². The monoisotopic (exact) mass is 416 g/mol. The van der Waals surface area contributed by atoms with Gasteiger partial charge in [-0.2, -0.15) is 0 Å². The Morgan fingerprint density at radius 1 is 1.00 bits per heavy atom. The van der Waals surface area contributed by atoms with Gasteiger partial charge in [0.1, 0.15) is 0 Å². The standard InChI is InChI=1S/C16H11ClO3Te/c1-2-11-3-5-12(6-4-11)15(18)20-21-16(19)13-7-9-14(17)10-8-13/h2-10H,1H2. The summed E-state index contributed by atoms with van der Waals surface area (Å²) in [4.78, 5) is 23.8. The molecule has 0 saturated carbocycles. The average molecular weight is 414 g/mol. The number of benzene rings is 2. The summed E-state index contributed by atoms with van der Waals surface area (Å²) >= 11 is 4.21. The summed E-state index contributed by atoms with van der Waals surface area (Å²) in [7, 11) is 0. The average Bonchev–Trinajstić information content (AvgIpc) is 2.53. The van der Waals surface area contributed by atoms with Crippen molar-refractivity contribution in [3.05, 3.63) is 76.8 Å². The number of rotatable bonds is 5. The van der Waals surface area contributed by atoms with Crippen LogP contribution in [-0.2, 0) is 3.10 Å². The molecule has 21 heavy (non-hydrogen) atoms. The van der Waals surface area contributed by atoms with Crippen LogP contribution in [0.15, 0.2) is 55.1 Å². The predicted molar refractivity (Wildman–Crippen MR) is 83.5 cm³/mol. The molecule has 2 aromatic carbocycles. The topological polar surface area (TPSA) is 43.4 Å². The molecule has 0 unspecified atom stereocenters. The van der Waals surface area contributed by atoms with Gasteiger partial charge in [-0.25, -0.2) is 0 Å². The van der Waals surface area contributed by atoms with E-state index < -0.39 is 27.3 Å². The van der Waals surface area contributed by atoms with Gasteiger partial charge in [0.25, 0.3) is 0 Å². The van der Waals surface area contributed by atoms with Gasteiger partial charge >= 0.3 is 138 Å². The number of hydrogen-bond acceptors (Lipinski definition) is 3. The van der Waals surface area contributed by atoms with Crippen molar-refractivity contribution in [1.29, 1.82) is 0 Å². The van der Waals surface area contributed by atoms with E-state index in [1.165, 1.54) is 0 Å². The molecule has 5 heteroatoms.